The normalized spacial score (nSPS) is 10.8. The van der Waals surface area contributed by atoms with Gasteiger partial charge < -0.3 is 15.4 Å². The van der Waals surface area contributed by atoms with Gasteiger partial charge in [-0.05, 0) is 58.4 Å². The molecule has 1 amide bonds. The van der Waals surface area contributed by atoms with Crippen LogP contribution in [0.15, 0.2) is 95.6 Å². The summed E-state index contributed by atoms with van der Waals surface area (Å²) in [6.45, 7) is 0.897. The number of benzene rings is 3. The lowest BCUT2D eigenvalue weighted by molar-refractivity contribution is 0.0955. The maximum Gasteiger partial charge on any atom is 0.251 e. The molecule has 2 heterocycles. The number of hydrogen-bond donors (Lipinski definition) is 2. The molecule has 0 unspecified atom stereocenters. The van der Waals surface area contributed by atoms with Gasteiger partial charge in [-0.25, -0.2) is 4.98 Å². The Morgan fingerprint density at radius 3 is 2.44 bits per heavy atom. The molecule has 0 aliphatic heterocycles. The molecule has 0 aliphatic rings. The molecule has 5 rings (SSSR count). The van der Waals surface area contributed by atoms with Crippen LogP contribution in [0.3, 0.4) is 0 Å². The largest absolute Gasteiger partial charge is 0.457 e. The Balaban J connectivity index is 1.22. The van der Waals surface area contributed by atoms with E-state index in [-0.39, 0.29) is 5.91 Å². The number of para-hydroxylation sites is 1. The number of aromatic nitrogens is 3. The van der Waals surface area contributed by atoms with Crippen LogP contribution in [0.5, 0.6) is 11.5 Å². The Morgan fingerprint density at radius 1 is 0.944 bits per heavy atom. The smallest absolute Gasteiger partial charge is 0.251 e. The van der Waals surface area contributed by atoms with Crippen LogP contribution in [0.1, 0.15) is 10.4 Å². The lowest BCUT2D eigenvalue weighted by atomic mass is 10.1. The minimum Gasteiger partial charge on any atom is -0.457 e. The summed E-state index contributed by atoms with van der Waals surface area (Å²) < 4.78 is 8.26. The summed E-state index contributed by atoms with van der Waals surface area (Å²) in [7, 11) is 0. The average molecular weight is 563 g/mol. The number of nitrogens with zero attached hydrogens (tertiary/aromatic N) is 3. The SMILES string of the molecule is O=C(NCCNc1cc(-c2ccccc2Cl)nc2c(Br)cnn12)c1ccc(Oc2ccccc2)cc1. The molecule has 0 radical (unpaired) electrons. The maximum absolute atomic E-state index is 12.6. The first kappa shape index (κ1) is 23.8. The molecule has 3 aromatic carbocycles. The molecule has 9 heteroatoms. The van der Waals surface area contributed by atoms with Crippen LogP contribution >= 0.6 is 27.5 Å². The quantitative estimate of drug-likeness (QED) is 0.213. The van der Waals surface area contributed by atoms with Crippen LogP contribution in [0.4, 0.5) is 5.82 Å². The first-order valence-electron chi connectivity index (χ1n) is 11.2. The van der Waals surface area contributed by atoms with Crippen LogP contribution in [0, 0.1) is 0 Å². The van der Waals surface area contributed by atoms with E-state index in [1.165, 1.54) is 0 Å². The van der Waals surface area contributed by atoms with E-state index in [0.29, 0.717) is 35.1 Å². The van der Waals surface area contributed by atoms with Gasteiger partial charge in [0.2, 0.25) is 0 Å². The summed E-state index contributed by atoms with van der Waals surface area (Å²) in [5.41, 5.74) is 2.76. The minimum absolute atomic E-state index is 0.165. The zero-order valence-electron chi connectivity index (χ0n) is 19.0. The second kappa shape index (κ2) is 10.8. The summed E-state index contributed by atoms with van der Waals surface area (Å²) in [6.07, 6.45) is 1.69. The zero-order chi connectivity index (χ0) is 24.9. The topological polar surface area (TPSA) is 80.5 Å². The highest BCUT2D eigenvalue weighted by atomic mass is 79.9. The number of nitrogens with one attached hydrogen (secondary N) is 2. The second-order valence-corrected chi connectivity index (χ2v) is 9.12. The van der Waals surface area contributed by atoms with Gasteiger partial charge in [0, 0.05) is 35.3 Å². The van der Waals surface area contributed by atoms with Gasteiger partial charge in [0.1, 0.15) is 17.3 Å². The molecular weight excluding hydrogens is 542 g/mol. The van der Waals surface area contributed by atoms with Crippen molar-refractivity contribution in [2.45, 2.75) is 0 Å². The number of fused-ring (bicyclic) bond motifs is 1. The minimum atomic E-state index is -0.165. The number of hydrogen-bond acceptors (Lipinski definition) is 5. The van der Waals surface area contributed by atoms with Crippen LogP contribution < -0.4 is 15.4 Å². The summed E-state index contributed by atoms with van der Waals surface area (Å²) in [5, 5.41) is 11.3. The van der Waals surface area contributed by atoms with E-state index >= 15 is 0 Å². The number of carbonyl (C=O) groups excluding carboxylic acids is 1. The van der Waals surface area contributed by atoms with Crippen LogP contribution in [0.25, 0.3) is 16.9 Å². The van der Waals surface area contributed by atoms with E-state index in [1.807, 2.05) is 60.7 Å². The molecule has 0 aliphatic carbocycles. The molecule has 2 N–H and O–H groups in total. The van der Waals surface area contributed by atoms with Crippen molar-refractivity contribution in [3.63, 3.8) is 0 Å². The second-order valence-electron chi connectivity index (χ2n) is 7.86. The predicted octanol–water partition coefficient (Wildman–Crippen LogP) is 6.45. The van der Waals surface area contributed by atoms with Crippen molar-refractivity contribution in [2.24, 2.45) is 0 Å². The lowest BCUT2D eigenvalue weighted by Gasteiger charge is -2.12. The summed E-state index contributed by atoms with van der Waals surface area (Å²) in [6, 6.07) is 26.0. The molecule has 2 aromatic heterocycles. The van der Waals surface area contributed by atoms with Crippen molar-refractivity contribution in [1.82, 2.24) is 19.9 Å². The fourth-order valence-electron chi connectivity index (χ4n) is 3.64. The molecule has 0 bridgehead atoms. The van der Waals surface area contributed by atoms with Gasteiger partial charge in [-0.3, -0.25) is 4.79 Å². The van der Waals surface area contributed by atoms with E-state index < -0.39 is 0 Å². The van der Waals surface area contributed by atoms with Crippen molar-refractivity contribution in [3.05, 3.63) is 106 Å². The van der Waals surface area contributed by atoms with Gasteiger partial charge >= 0.3 is 0 Å². The van der Waals surface area contributed by atoms with Crippen LogP contribution in [-0.4, -0.2) is 33.6 Å². The molecule has 36 heavy (non-hydrogen) atoms. The van der Waals surface area contributed by atoms with Crippen molar-refractivity contribution < 1.29 is 9.53 Å². The molecule has 0 spiro atoms. The highest BCUT2D eigenvalue weighted by Gasteiger charge is 2.13. The number of anilines is 1. The summed E-state index contributed by atoms with van der Waals surface area (Å²) >= 11 is 9.90. The van der Waals surface area contributed by atoms with E-state index in [9.17, 15) is 4.79 Å². The monoisotopic (exact) mass is 561 g/mol. The third kappa shape index (κ3) is 5.35. The highest BCUT2D eigenvalue weighted by Crippen LogP contribution is 2.30. The van der Waals surface area contributed by atoms with Crippen LogP contribution in [0.2, 0.25) is 5.02 Å². The molecule has 0 fully saturated rings. The molecule has 5 aromatic rings. The number of halogens is 2. The van der Waals surface area contributed by atoms with Crippen molar-refractivity contribution in [1.29, 1.82) is 0 Å². The van der Waals surface area contributed by atoms with Gasteiger partial charge in [0.25, 0.3) is 5.91 Å². The third-order valence-corrected chi connectivity index (χ3v) is 6.28. The average Bonchev–Trinajstić information content (AvgIpc) is 3.28. The van der Waals surface area contributed by atoms with Gasteiger partial charge in [0.05, 0.1) is 16.4 Å². The summed E-state index contributed by atoms with van der Waals surface area (Å²) in [4.78, 5) is 17.3. The molecule has 0 saturated heterocycles. The highest BCUT2D eigenvalue weighted by molar-refractivity contribution is 9.10. The van der Waals surface area contributed by atoms with Crippen LogP contribution in [-0.2, 0) is 0 Å². The van der Waals surface area contributed by atoms with Crippen molar-refractivity contribution >= 4 is 44.9 Å². The fraction of sp³-hybridized carbons (Fsp3) is 0.0741. The first-order valence-corrected chi connectivity index (χ1v) is 12.4. The Hall–Kier alpha value is -3.88. The standard InChI is InChI=1S/C27H21BrClN5O2/c28-22-17-32-34-25(16-24(33-26(22)34)21-8-4-5-9-23(21)29)30-14-15-31-27(35)18-10-12-20(13-11-18)36-19-6-2-1-3-7-19/h1-13,16-17,30H,14-15H2,(H,31,35). The molecule has 180 valence electrons. The van der Waals surface area contributed by atoms with Gasteiger partial charge in [-0.2, -0.15) is 9.61 Å². The van der Waals surface area contributed by atoms with Gasteiger partial charge in [-0.1, -0.05) is 48.0 Å². The Kier molecular flexibility index (Phi) is 7.16. The molecule has 7 nitrogen and oxygen atoms in total. The number of carbonyl (C=O) groups is 1. The maximum atomic E-state index is 12.6. The predicted molar refractivity (Wildman–Crippen MR) is 145 cm³/mol. The van der Waals surface area contributed by atoms with E-state index in [4.69, 9.17) is 21.3 Å². The first-order chi connectivity index (χ1) is 17.6. The van der Waals surface area contributed by atoms with Crippen molar-refractivity contribution in [3.8, 4) is 22.8 Å². The van der Waals surface area contributed by atoms with E-state index in [1.54, 1.807) is 35.0 Å². The number of ether oxygens (including phenoxy) is 1. The van der Waals surface area contributed by atoms with Crippen molar-refractivity contribution in [2.75, 3.05) is 18.4 Å². The molecule has 0 atom stereocenters. The third-order valence-electron chi connectivity index (χ3n) is 5.39. The Labute approximate surface area is 221 Å². The number of amides is 1. The Bertz CT molecular complexity index is 1510. The molecule has 0 saturated carbocycles. The Morgan fingerprint density at radius 2 is 1.67 bits per heavy atom. The van der Waals surface area contributed by atoms with E-state index in [2.05, 4.69) is 31.7 Å². The lowest BCUT2D eigenvalue weighted by Crippen LogP contribution is -2.29. The fourth-order valence-corrected chi connectivity index (χ4v) is 4.22. The van der Waals surface area contributed by atoms with E-state index in [0.717, 1.165) is 27.3 Å². The number of rotatable bonds is 8. The molecular formula is C27H21BrClN5O2. The van der Waals surface area contributed by atoms with Gasteiger partial charge in [-0.15, -0.1) is 0 Å². The van der Waals surface area contributed by atoms with Gasteiger partial charge in [0.15, 0.2) is 5.65 Å². The zero-order valence-corrected chi connectivity index (χ0v) is 21.3. The summed E-state index contributed by atoms with van der Waals surface area (Å²) in [5.74, 6) is 1.98.